The lowest BCUT2D eigenvalue weighted by molar-refractivity contribution is 0.122. The average molecular weight is 729 g/mol. The summed E-state index contributed by atoms with van der Waals surface area (Å²) in [5, 5.41) is 17.6. The van der Waals surface area contributed by atoms with Crippen molar-refractivity contribution in [2.75, 3.05) is 71.8 Å². The number of benzene rings is 4. The maximum atomic E-state index is 10.6. The lowest BCUT2D eigenvalue weighted by Crippen LogP contribution is -2.37. The number of anilines is 2. The molecule has 0 N–H and O–H groups in total. The first-order chi connectivity index (χ1) is 26.5. The van der Waals surface area contributed by atoms with Gasteiger partial charge in [0.2, 0.25) is 11.7 Å². The summed E-state index contributed by atoms with van der Waals surface area (Å²) in [5.74, 6) is 5.15. The minimum absolute atomic E-state index is 0.328. The van der Waals surface area contributed by atoms with Crippen molar-refractivity contribution in [3.05, 3.63) is 102 Å². The number of morpholine rings is 1. The summed E-state index contributed by atoms with van der Waals surface area (Å²) in [6.45, 7) is 2.17. The maximum Gasteiger partial charge on any atom is 0.249 e. The third-order valence-corrected chi connectivity index (χ3v) is 9.33. The van der Waals surface area contributed by atoms with Crippen LogP contribution in [0.4, 0.5) is 11.8 Å². The summed E-state index contributed by atoms with van der Waals surface area (Å²) < 4.78 is 39.6. The number of nitriles is 1. The molecule has 2 aliphatic heterocycles. The van der Waals surface area contributed by atoms with Crippen molar-refractivity contribution >= 4 is 17.5 Å². The number of aromatic nitrogens is 2. The first-order valence-electron chi connectivity index (χ1n) is 17.3. The molecule has 13 nitrogen and oxygen atoms in total. The lowest BCUT2D eigenvalue weighted by Gasteiger charge is -2.30. The zero-order valence-electron chi connectivity index (χ0n) is 30.7. The van der Waals surface area contributed by atoms with E-state index in [0.717, 1.165) is 28.2 Å². The van der Waals surface area contributed by atoms with E-state index in [1.165, 1.54) is 0 Å². The highest BCUT2D eigenvalue weighted by Crippen LogP contribution is 2.45. The number of rotatable bonds is 12. The Morgan fingerprint density at radius 2 is 1.24 bits per heavy atom. The average Bonchev–Trinajstić information content (AvgIpc) is 3.69. The maximum absolute atomic E-state index is 10.6. The number of hydrogen-bond acceptors (Lipinski definition) is 13. The van der Waals surface area contributed by atoms with E-state index in [1.54, 1.807) is 35.5 Å². The van der Waals surface area contributed by atoms with E-state index in [4.69, 9.17) is 48.2 Å². The Kier molecular flexibility index (Phi) is 10.6. The molecule has 0 aliphatic carbocycles. The third kappa shape index (κ3) is 7.24. The molecule has 1 fully saturated rings. The van der Waals surface area contributed by atoms with Crippen LogP contribution in [0, 0.1) is 11.3 Å². The Bertz CT molecular complexity index is 2140. The monoisotopic (exact) mass is 728 g/mol. The quantitative estimate of drug-likeness (QED) is 0.130. The second-order valence-corrected chi connectivity index (χ2v) is 12.4. The van der Waals surface area contributed by atoms with Crippen molar-refractivity contribution in [3.63, 3.8) is 0 Å². The van der Waals surface area contributed by atoms with Gasteiger partial charge in [0.05, 0.1) is 66.2 Å². The number of methoxy groups -OCH3 is 5. The molecule has 0 bridgehead atoms. The molecule has 5 aromatic rings. The van der Waals surface area contributed by atoms with Crippen molar-refractivity contribution in [3.8, 4) is 57.6 Å². The normalized spacial score (nSPS) is 15.3. The molecule has 1 aromatic heterocycles. The minimum Gasteiger partial charge on any atom is -0.497 e. The molecule has 276 valence electrons. The van der Waals surface area contributed by atoms with Crippen LogP contribution in [-0.4, -0.2) is 77.5 Å². The molecule has 0 amide bonds. The van der Waals surface area contributed by atoms with Crippen molar-refractivity contribution in [1.82, 2.24) is 9.97 Å². The molecule has 54 heavy (non-hydrogen) atoms. The predicted octanol–water partition coefficient (Wildman–Crippen LogP) is 7.04. The van der Waals surface area contributed by atoms with Gasteiger partial charge >= 0.3 is 0 Å². The van der Waals surface area contributed by atoms with Crippen LogP contribution in [0.2, 0.25) is 0 Å². The van der Waals surface area contributed by atoms with Crippen LogP contribution in [0.25, 0.3) is 11.3 Å². The molecule has 1 saturated heterocycles. The topological polar surface area (TPSA) is 133 Å². The standard InChI is InChI=1S/C41H40N6O7/c1-48-29-10-8-27(9-11-29)38-33(25-42)40(46-18-20-53-21-19-46)44-41(43-38)47-35(28-22-36(50-3)39(52-5)37(23-28)51-4)24-34(45-47)26-6-12-31(13-7-26)54-32-16-14-30(49-2)15-17-32/h6-17,22-23,35H,18-21,24H2,1-5H3. The molecule has 4 aromatic carbocycles. The fourth-order valence-electron chi connectivity index (χ4n) is 6.52. The summed E-state index contributed by atoms with van der Waals surface area (Å²) in [5.41, 5.74) is 4.14. The van der Waals surface area contributed by atoms with E-state index in [-0.39, 0.29) is 0 Å². The predicted molar refractivity (Wildman–Crippen MR) is 204 cm³/mol. The lowest BCUT2D eigenvalue weighted by atomic mass is 9.97. The zero-order valence-corrected chi connectivity index (χ0v) is 30.7. The van der Waals surface area contributed by atoms with Crippen molar-refractivity contribution in [2.45, 2.75) is 12.5 Å². The number of hydrogen-bond donors (Lipinski definition) is 0. The van der Waals surface area contributed by atoms with E-state index in [9.17, 15) is 5.26 Å². The number of ether oxygens (including phenoxy) is 7. The van der Waals surface area contributed by atoms with Gasteiger partial charge in [-0.2, -0.15) is 15.3 Å². The second-order valence-electron chi connectivity index (χ2n) is 12.4. The van der Waals surface area contributed by atoms with Gasteiger partial charge in [-0.15, -0.1) is 0 Å². The Hall–Kier alpha value is -6.52. The van der Waals surface area contributed by atoms with Crippen molar-refractivity contribution in [2.24, 2.45) is 5.10 Å². The Morgan fingerprint density at radius 1 is 0.685 bits per heavy atom. The molecule has 1 atom stereocenters. The molecule has 2 aliphatic rings. The first-order valence-corrected chi connectivity index (χ1v) is 17.3. The summed E-state index contributed by atoms with van der Waals surface area (Å²) in [4.78, 5) is 12.2. The smallest absolute Gasteiger partial charge is 0.249 e. The Labute approximate surface area is 313 Å². The number of nitrogens with zero attached hydrogens (tertiary/aromatic N) is 6. The third-order valence-electron chi connectivity index (χ3n) is 9.33. The Balaban J connectivity index is 1.34. The van der Waals surface area contributed by atoms with Gasteiger partial charge in [0.15, 0.2) is 17.3 Å². The molecule has 1 unspecified atom stereocenters. The molecule has 7 rings (SSSR count). The van der Waals surface area contributed by atoms with Gasteiger partial charge in [0, 0.05) is 25.1 Å². The van der Waals surface area contributed by atoms with E-state index in [2.05, 4.69) is 11.0 Å². The molecule has 0 spiro atoms. The van der Waals surface area contributed by atoms with Crippen molar-refractivity contribution in [1.29, 1.82) is 5.26 Å². The fourth-order valence-corrected chi connectivity index (χ4v) is 6.52. The van der Waals surface area contributed by atoms with Gasteiger partial charge in [0.25, 0.3) is 0 Å². The minimum atomic E-state index is -0.391. The van der Waals surface area contributed by atoms with Gasteiger partial charge < -0.3 is 38.1 Å². The van der Waals surface area contributed by atoms with Gasteiger partial charge in [-0.3, -0.25) is 0 Å². The van der Waals surface area contributed by atoms with Crippen LogP contribution in [0.15, 0.2) is 90.0 Å². The summed E-state index contributed by atoms with van der Waals surface area (Å²) in [6.07, 6.45) is 0.492. The molecule has 0 radical (unpaired) electrons. The van der Waals surface area contributed by atoms with Crippen LogP contribution in [0.1, 0.15) is 29.2 Å². The van der Waals surface area contributed by atoms with Crippen LogP contribution >= 0.6 is 0 Å². The summed E-state index contributed by atoms with van der Waals surface area (Å²) in [6, 6.07) is 28.5. The highest BCUT2D eigenvalue weighted by Gasteiger charge is 2.35. The van der Waals surface area contributed by atoms with Crippen LogP contribution < -0.4 is 38.3 Å². The molecule has 3 heterocycles. The molecule has 13 heteroatoms. The van der Waals surface area contributed by atoms with Gasteiger partial charge in [-0.1, -0.05) is 0 Å². The van der Waals surface area contributed by atoms with E-state index < -0.39 is 6.04 Å². The molecular formula is C41H40N6O7. The molecular weight excluding hydrogens is 688 g/mol. The van der Waals surface area contributed by atoms with E-state index in [0.29, 0.717) is 90.2 Å². The van der Waals surface area contributed by atoms with E-state index >= 15 is 0 Å². The van der Waals surface area contributed by atoms with Gasteiger partial charge in [-0.25, -0.2) is 9.99 Å². The SMILES string of the molecule is COc1ccc(Oc2ccc(C3=NN(c4nc(-c5ccc(OC)cc5)c(C#N)c(N5CCOCC5)n4)C(c4cc(OC)c(OC)c(OC)c4)C3)cc2)cc1. The highest BCUT2D eigenvalue weighted by atomic mass is 16.5. The van der Waals surface area contributed by atoms with Crippen LogP contribution in [0.3, 0.4) is 0 Å². The number of hydrazone groups is 1. The van der Waals surface area contributed by atoms with Crippen LogP contribution in [0.5, 0.6) is 40.2 Å². The van der Waals surface area contributed by atoms with E-state index in [1.807, 2.05) is 89.9 Å². The molecule has 0 saturated carbocycles. The zero-order chi connectivity index (χ0) is 37.6. The fraction of sp³-hybridized carbons (Fsp3) is 0.268. The highest BCUT2D eigenvalue weighted by molar-refractivity contribution is 6.03. The summed E-state index contributed by atoms with van der Waals surface area (Å²) in [7, 11) is 7.99. The first kappa shape index (κ1) is 35.9. The van der Waals surface area contributed by atoms with Crippen LogP contribution in [-0.2, 0) is 4.74 Å². The summed E-state index contributed by atoms with van der Waals surface area (Å²) >= 11 is 0. The Morgan fingerprint density at radius 3 is 1.80 bits per heavy atom. The van der Waals surface area contributed by atoms with Crippen molar-refractivity contribution < 1.29 is 33.2 Å². The second kappa shape index (κ2) is 16.0. The largest absolute Gasteiger partial charge is 0.497 e. The van der Waals surface area contributed by atoms with Gasteiger partial charge in [0.1, 0.15) is 34.6 Å². The van der Waals surface area contributed by atoms with Gasteiger partial charge in [-0.05, 0) is 96.1 Å².